The van der Waals surface area contributed by atoms with Crippen LogP contribution >= 0.6 is 23.1 Å². The van der Waals surface area contributed by atoms with E-state index in [2.05, 4.69) is 4.98 Å². The minimum atomic E-state index is -3.67. The summed E-state index contributed by atoms with van der Waals surface area (Å²) in [5.74, 6) is 0. The van der Waals surface area contributed by atoms with Crippen LogP contribution in [0.1, 0.15) is 12.8 Å². The first-order valence-electron chi connectivity index (χ1n) is 7.75. The summed E-state index contributed by atoms with van der Waals surface area (Å²) in [4.78, 5) is 17.4. The third-order valence-corrected chi connectivity index (χ3v) is 7.63. The van der Waals surface area contributed by atoms with Gasteiger partial charge in [0.15, 0.2) is 0 Å². The molecule has 0 unspecified atom stereocenters. The number of nitrogens with zero attached hydrogens (tertiary/aromatic N) is 3. The van der Waals surface area contributed by atoms with Crippen molar-refractivity contribution in [3.8, 4) is 5.69 Å². The molecule has 0 bridgehead atoms. The van der Waals surface area contributed by atoms with Crippen molar-refractivity contribution in [2.45, 2.75) is 17.7 Å². The smallest absolute Gasteiger partial charge is 0.267 e. The van der Waals surface area contributed by atoms with Gasteiger partial charge in [0.05, 0.1) is 16.1 Å². The predicted octanol–water partition coefficient (Wildman–Crippen LogP) is 2.89. The second kappa shape index (κ2) is 6.21. The highest BCUT2D eigenvalue weighted by molar-refractivity contribution is 7.89. The molecule has 1 aromatic carbocycles. The Morgan fingerprint density at radius 2 is 1.92 bits per heavy atom. The normalized spacial score (nSPS) is 15.9. The van der Waals surface area contributed by atoms with E-state index in [0.717, 1.165) is 12.8 Å². The van der Waals surface area contributed by atoms with Crippen LogP contribution in [0.25, 0.3) is 15.9 Å². The standard InChI is InChI=1S/C16H14ClN3O3S2/c17-13-6-5-11(10-14(13)25(22,23)19-8-1-2-9-19)20-16(21)12-4-3-7-18-15(12)24-20/h3-7,10H,1-2,8-9H2. The predicted molar refractivity (Wildman–Crippen MR) is 98.2 cm³/mol. The Balaban J connectivity index is 1.87. The molecule has 2 aromatic heterocycles. The number of sulfonamides is 1. The third-order valence-electron chi connectivity index (χ3n) is 4.20. The average Bonchev–Trinajstić information content (AvgIpc) is 3.25. The Bertz CT molecular complexity index is 1120. The van der Waals surface area contributed by atoms with Crippen LogP contribution in [0.2, 0.25) is 5.02 Å². The molecule has 0 amide bonds. The highest BCUT2D eigenvalue weighted by Gasteiger charge is 2.29. The maximum atomic E-state index is 12.8. The lowest BCUT2D eigenvalue weighted by atomic mass is 10.3. The van der Waals surface area contributed by atoms with E-state index in [1.54, 1.807) is 24.4 Å². The summed E-state index contributed by atoms with van der Waals surface area (Å²) in [6.07, 6.45) is 3.31. The number of hydrogen-bond donors (Lipinski definition) is 0. The van der Waals surface area contributed by atoms with Crippen LogP contribution in [-0.4, -0.2) is 34.8 Å². The van der Waals surface area contributed by atoms with E-state index in [1.165, 1.54) is 31.9 Å². The molecule has 0 spiro atoms. The topological polar surface area (TPSA) is 72.3 Å². The number of pyridine rings is 1. The van der Waals surface area contributed by atoms with E-state index in [9.17, 15) is 13.2 Å². The van der Waals surface area contributed by atoms with Crippen LogP contribution < -0.4 is 5.56 Å². The van der Waals surface area contributed by atoms with Gasteiger partial charge in [0.25, 0.3) is 5.56 Å². The fraction of sp³-hybridized carbons (Fsp3) is 0.250. The van der Waals surface area contributed by atoms with Crippen molar-refractivity contribution in [3.63, 3.8) is 0 Å². The number of fused-ring (bicyclic) bond motifs is 1. The summed E-state index contributed by atoms with van der Waals surface area (Å²) >= 11 is 7.34. The molecule has 1 saturated heterocycles. The minimum absolute atomic E-state index is 0.0332. The number of hydrogen-bond acceptors (Lipinski definition) is 5. The van der Waals surface area contributed by atoms with Gasteiger partial charge in [0.2, 0.25) is 10.0 Å². The number of aromatic nitrogens is 2. The molecule has 3 heterocycles. The van der Waals surface area contributed by atoms with Crippen molar-refractivity contribution in [1.82, 2.24) is 13.2 Å². The molecule has 1 aliphatic rings. The molecule has 0 N–H and O–H groups in total. The number of benzene rings is 1. The van der Waals surface area contributed by atoms with E-state index in [1.807, 2.05) is 0 Å². The highest BCUT2D eigenvalue weighted by Crippen LogP contribution is 2.30. The molecule has 6 nitrogen and oxygen atoms in total. The van der Waals surface area contributed by atoms with Crippen molar-refractivity contribution in [1.29, 1.82) is 0 Å². The minimum Gasteiger partial charge on any atom is -0.267 e. The molecule has 1 fully saturated rings. The molecule has 3 aromatic rings. The van der Waals surface area contributed by atoms with E-state index >= 15 is 0 Å². The van der Waals surface area contributed by atoms with Gasteiger partial charge in [-0.2, -0.15) is 4.31 Å². The van der Waals surface area contributed by atoms with Gasteiger partial charge in [-0.3, -0.25) is 4.79 Å². The van der Waals surface area contributed by atoms with Crippen molar-refractivity contribution in [3.05, 3.63) is 51.9 Å². The molecule has 0 saturated carbocycles. The number of rotatable bonds is 3. The Morgan fingerprint density at radius 1 is 1.16 bits per heavy atom. The Kier molecular flexibility index (Phi) is 4.15. The van der Waals surface area contributed by atoms with Gasteiger partial charge < -0.3 is 0 Å². The molecule has 0 aliphatic carbocycles. The zero-order valence-corrected chi connectivity index (χ0v) is 15.4. The van der Waals surface area contributed by atoms with Crippen molar-refractivity contribution in [2.75, 3.05) is 13.1 Å². The van der Waals surface area contributed by atoms with Gasteiger partial charge in [0, 0.05) is 19.3 Å². The average molecular weight is 396 g/mol. The van der Waals surface area contributed by atoms with Crippen LogP contribution in [0.3, 0.4) is 0 Å². The molecule has 4 rings (SSSR count). The SMILES string of the molecule is O=c1c2cccnc2sn1-c1ccc(Cl)c(S(=O)(=O)N2CCCC2)c1. The molecule has 0 radical (unpaired) electrons. The largest absolute Gasteiger partial charge is 0.274 e. The molecule has 9 heteroatoms. The van der Waals surface area contributed by atoms with E-state index < -0.39 is 10.0 Å². The van der Waals surface area contributed by atoms with E-state index in [0.29, 0.717) is 29.0 Å². The Labute approximate surface area is 153 Å². The quantitative estimate of drug-likeness (QED) is 0.683. The van der Waals surface area contributed by atoms with Crippen LogP contribution in [-0.2, 0) is 10.0 Å². The Morgan fingerprint density at radius 3 is 2.64 bits per heavy atom. The molecule has 130 valence electrons. The lowest BCUT2D eigenvalue weighted by molar-refractivity contribution is 0.477. The lowest BCUT2D eigenvalue weighted by Crippen LogP contribution is -2.28. The molecular formula is C16H14ClN3O3S2. The summed E-state index contributed by atoms with van der Waals surface area (Å²) in [5.41, 5.74) is 0.245. The van der Waals surface area contributed by atoms with Crippen LogP contribution in [0, 0.1) is 0 Å². The summed E-state index contributed by atoms with van der Waals surface area (Å²) in [7, 11) is -3.67. The summed E-state index contributed by atoms with van der Waals surface area (Å²) in [5, 5.41) is 0.661. The second-order valence-corrected chi connectivity index (χ2v) is 9.02. The van der Waals surface area contributed by atoms with Crippen LogP contribution in [0.5, 0.6) is 0 Å². The maximum absolute atomic E-state index is 12.8. The van der Waals surface area contributed by atoms with Gasteiger partial charge in [-0.25, -0.2) is 17.4 Å². The second-order valence-electron chi connectivity index (χ2n) is 5.77. The van der Waals surface area contributed by atoms with Gasteiger partial charge in [-0.15, -0.1) is 0 Å². The van der Waals surface area contributed by atoms with Gasteiger partial charge in [0.1, 0.15) is 9.73 Å². The zero-order chi connectivity index (χ0) is 17.6. The monoisotopic (exact) mass is 395 g/mol. The van der Waals surface area contributed by atoms with Crippen molar-refractivity contribution < 1.29 is 8.42 Å². The lowest BCUT2D eigenvalue weighted by Gasteiger charge is -2.17. The van der Waals surface area contributed by atoms with Crippen LogP contribution in [0.15, 0.2) is 46.2 Å². The summed E-state index contributed by atoms with van der Waals surface area (Å²) in [6.45, 7) is 0.991. The maximum Gasteiger partial charge on any atom is 0.274 e. The molecule has 1 aliphatic heterocycles. The van der Waals surface area contributed by atoms with Crippen molar-refractivity contribution >= 4 is 43.4 Å². The van der Waals surface area contributed by atoms with Gasteiger partial charge in [-0.1, -0.05) is 11.6 Å². The van der Waals surface area contributed by atoms with Gasteiger partial charge in [-0.05, 0) is 54.7 Å². The first-order chi connectivity index (χ1) is 12.0. The molecule has 0 atom stereocenters. The highest BCUT2D eigenvalue weighted by atomic mass is 35.5. The zero-order valence-electron chi connectivity index (χ0n) is 13.1. The van der Waals surface area contributed by atoms with E-state index in [-0.39, 0.29) is 15.5 Å². The molecule has 25 heavy (non-hydrogen) atoms. The van der Waals surface area contributed by atoms with Crippen molar-refractivity contribution in [2.24, 2.45) is 0 Å². The van der Waals surface area contributed by atoms with Crippen LogP contribution in [0.4, 0.5) is 0 Å². The summed E-state index contributed by atoms with van der Waals surface area (Å²) < 4.78 is 28.6. The fourth-order valence-corrected chi connectivity index (χ4v) is 5.86. The van der Waals surface area contributed by atoms with Gasteiger partial charge >= 0.3 is 0 Å². The fourth-order valence-electron chi connectivity index (χ4n) is 2.92. The number of halogens is 1. The third kappa shape index (κ3) is 2.79. The first kappa shape index (κ1) is 16.7. The summed E-state index contributed by atoms with van der Waals surface area (Å²) in [6, 6.07) is 8.03. The van der Waals surface area contributed by atoms with E-state index in [4.69, 9.17) is 11.6 Å². The molecular weight excluding hydrogens is 382 g/mol. The Hall–Kier alpha value is -1.74. The first-order valence-corrected chi connectivity index (χ1v) is 10.3.